The van der Waals surface area contributed by atoms with Crippen molar-refractivity contribution in [3.63, 3.8) is 0 Å². The molecule has 2 aromatic heterocycles. The Balaban J connectivity index is 1.44. The summed E-state index contributed by atoms with van der Waals surface area (Å²) in [6.07, 6.45) is 0. The van der Waals surface area contributed by atoms with Crippen LogP contribution in [-0.4, -0.2) is 37.8 Å². The van der Waals surface area contributed by atoms with Crippen molar-refractivity contribution in [3.05, 3.63) is 66.4 Å². The van der Waals surface area contributed by atoms with Gasteiger partial charge in [-0.15, -0.1) is 10.2 Å². The Labute approximate surface area is 167 Å². The molecular weight excluding hydrogens is 370 g/mol. The number of carbonyl (C=O) groups excluding carboxylic acids is 1. The number of rotatable bonds is 7. The van der Waals surface area contributed by atoms with Gasteiger partial charge < -0.3 is 9.47 Å². The van der Waals surface area contributed by atoms with E-state index in [1.165, 1.54) is 4.80 Å². The van der Waals surface area contributed by atoms with Crippen LogP contribution in [0.5, 0.6) is 5.75 Å². The van der Waals surface area contributed by atoms with E-state index < -0.39 is 5.97 Å². The second-order valence-corrected chi connectivity index (χ2v) is 6.26. The summed E-state index contributed by atoms with van der Waals surface area (Å²) in [7, 11) is 0. The predicted molar refractivity (Wildman–Crippen MR) is 106 cm³/mol. The van der Waals surface area contributed by atoms with Crippen molar-refractivity contribution in [2.75, 3.05) is 6.61 Å². The van der Waals surface area contributed by atoms with Gasteiger partial charge in [-0.3, -0.25) is 0 Å². The third-order valence-electron chi connectivity index (χ3n) is 4.16. The van der Waals surface area contributed by atoms with Crippen LogP contribution in [0.2, 0.25) is 0 Å². The second-order valence-electron chi connectivity index (χ2n) is 6.26. The van der Waals surface area contributed by atoms with Crippen LogP contribution in [0.1, 0.15) is 12.6 Å². The minimum absolute atomic E-state index is 0.0787. The fraction of sp³-hybridized carbons (Fsp3) is 0.190. The summed E-state index contributed by atoms with van der Waals surface area (Å²) in [6.45, 7) is 2.32. The van der Waals surface area contributed by atoms with Crippen LogP contribution in [0, 0.1) is 0 Å². The molecule has 0 atom stereocenters. The second kappa shape index (κ2) is 8.47. The van der Waals surface area contributed by atoms with E-state index in [0.717, 1.165) is 22.2 Å². The molecule has 0 aliphatic rings. The molecule has 0 saturated heterocycles. The summed E-state index contributed by atoms with van der Waals surface area (Å²) in [5.41, 5.74) is 2.52. The van der Waals surface area contributed by atoms with E-state index in [0.29, 0.717) is 24.8 Å². The minimum atomic E-state index is -0.406. The molecule has 0 N–H and O–H groups in total. The highest BCUT2D eigenvalue weighted by Crippen LogP contribution is 2.21. The third-order valence-corrected chi connectivity index (χ3v) is 4.16. The van der Waals surface area contributed by atoms with E-state index in [9.17, 15) is 4.79 Å². The molecule has 0 aliphatic carbocycles. The topological polar surface area (TPSA) is 92.0 Å². The van der Waals surface area contributed by atoms with Gasteiger partial charge in [0.25, 0.3) is 0 Å². The first kappa shape index (κ1) is 18.5. The van der Waals surface area contributed by atoms with E-state index in [2.05, 4.69) is 20.4 Å². The van der Waals surface area contributed by atoms with Crippen molar-refractivity contribution in [2.24, 2.45) is 0 Å². The lowest BCUT2D eigenvalue weighted by atomic mass is 10.2. The molecule has 2 aromatic carbocycles. The van der Waals surface area contributed by atoms with Crippen LogP contribution in [0.4, 0.5) is 0 Å². The molecule has 4 aromatic rings. The number of tetrazole rings is 1. The number of aromatic nitrogens is 5. The maximum atomic E-state index is 11.5. The standard InChI is InChI=1S/C21H19N5O3/c1-2-28-20(27)13-26-24-21(23-25-26)16-7-5-8-18(12-16)29-14-17-11-10-15-6-3-4-9-19(15)22-17/h3-12H,2,13-14H2,1H3. The summed E-state index contributed by atoms with van der Waals surface area (Å²) < 4.78 is 10.8. The van der Waals surface area contributed by atoms with Crippen molar-refractivity contribution in [2.45, 2.75) is 20.1 Å². The fourth-order valence-electron chi connectivity index (χ4n) is 2.82. The van der Waals surface area contributed by atoms with Gasteiger partial charge in [0.2, 0.25) is 5.82 Å². The summed E-state index contributed by atoms with van der Waals surface area (Å²) in [5, 5.41) is 13.2. The average molecular weight is 389 g/mol. The van der Waals surface area contributed by atoms with Gasteiger partial charge >= 0.3 is 5.97 Å². The number of para-hydroxylation sites is 1. The maximum Gasteiger partial charge on any atom is 0.329 e. The lowest BCUT2D eigenvalue weighted by molar-refractivity contribution is -0.144. The SMILES string of the molecule is CCOC(=O)Cn1nnc(-c2cccc(OCc3ccc4ccccc4n3)c2)n1. The number of hydrogen-bond donors (Lipinski definition) is 0. The van der Waals surface area contributed by atoms with Gasteiger partial charge in [-0.05, 0) is 36.4 Å². The average Bonchev–Trinajstić information content (AvgIpc) is 3.21. The van der Waals surface area contributed by atoms with Gasteiger partial charge in [-0.2, -0.15) is 4.80 Å². The fourth-order valence-corrected chi connectivity index (χ4v) is 2.82. The molecule has 4 rings (SSSR count). The molecule has 8 nitrogen and oxygen atoms in total. The number of carbonyl (C=O) groups is 1. The van der Waals surface area contributed by atoms with E-state index in [4.69, 9.17) is 9.47 Å². The van der Waals surface area contributed by atoms with Gasteiger partial charge in [0.15, 0.2) is 6.54 Å². The molecule has 0 radical (unpaired) electrons. The Morgan fingerprint density at radius 1 is 1.07 bits per heavy atom. The summed E-state index contributed by atoms with van der Waals surface area (Å²) in [5.74, 6) is 0.666. The maximum absolute atomic E-state index is 11.5. The Morgan fingerprint density at radius 3 is 2.86 bits per heavy atom. The zero-order chi connectivity index (χ0) is 20.1. The molecule has 0 unspecified atom stereocenters. The Kier molecular flexibility index (Phi) is 5.42. The lowest BCUT2D eigenvalue weighted by Gasteiger charge is -2.07. The van der Waals surface area contributed by atoms with E-state index in [1.54, 1.807) is 6.92 Å². The molecule has 146 valence electrons. The first-order chi connectivity index (χ1) is 14.2. The van der Waals surface area contributed by atoms with Gasteiger partial charge in [0, 0.05) is 10.9 Å². The zero-order valence-corrected chi connectivity index (χ0v) is 15.9. The Morgan fingerprint density at radius 2 is 1.97 bits per heavy atom. The molecule has 0 saturated carbocycles. The predicted octanol–water partition coefficient (Wildman–Crippen LogP) is 3.03. The molecule has 0 bridgehead atoms. The van der Waals surface area contributed by atoms with Gasteiger partial charge in [0.05, 0.1) is 17.8 Å². The van der Waals surface area contributed by atoms with E-state index >= 15 is 0 Å². The molecule has 0 aliphatic heterocycles. The molecule has 0 spiro atoms. The zero-order valence-electron chi connectivity index (χ0n) is 15.9. The van der Waals surface area contributed by atoms with Gasteiger partial charge in [-0.1, -0.05) is 36.4 Å². The Bertz CT molecular complexity index is 1140. The molecule has 8 heteroatoms. The first-order valence-electron chi connectivity index (χ1n) is 9.22. The molecule has 0 fully saturated rings. The third kappa shape index (κ3) is 4.55. The number of benzene rings is 2. The first-order valence-corrected chi connectivity index (χ1v) is 9.22. The van der Waals surface area contributed by atoms with Gasteiger partial charge in [0.1, 0.15) is 12.4 Å². The van der Waals surface area contributed by atoms with Crippen molar-refractivity contribution in [1.29, 1.82) is 0 Å². The van der Waals surface area contributed by atoms with Crippen molar-refractivity contribution < 1.29 is 14.3 Å². The number of pyridine rings is 1. The van der Waals surface area contributed by atoms with Crippen LogP contribution in [-0.2, 0) is 22.7 Å². The van der Waals surface area contributed by atoms with Crippen LogP contribution in [0.15, 0.2) is 60.7 Å². The Hall–Kier alpha value is -3.81. The molecular formula is C21H19N5O3. The summed E-state index contributed by atoms with van der Waals surface area (Å²) >= 11 is 0. The highest BCUT2D eigenvalue weighted by atomic mass is 16.5. The highest BCUT2D eigenvalue weighted by Gasteiger charge is 2.10. The number of nitrogens with zero attached hydrogens (tertiary/aromatic N) is 5. The minimum Gasteiger partial charge on any atom is -0.487 e. The van der Waals surface area contributed by atoms with Gasteiger partial charge in [-0.25, -0.2) is 9.78 Å². The normalized spacial score (nSPS) is 10.8. The number of esters is 1. The molecule has 0 amide bonds. The molecule has 2 heterocycles. The highest BCUT2D eigenvalue weighted by molar-refractivity contribution is 5.78. The quantitative estimate of drug-likeness (QED) is 0.449. The summed E-state index contributed by atoms with van der Waals surface area (Å²) in [4.78, 5) is 17.4. The number of hydrogen-bond acceptors (Lipinski definition) is 7. The summed E-state index contributed by atoms with van der Waals surface area (Å²) in [6, 6.07) is 19.3. The monoisotopic (exact) mass is 389 g/mol. The van der Waals surface area contributed by atoms with Crippen LogP contribution in [0.3, 0.4) is 0 Å². The van der Waals surface area contributed by atoms with Crippen molar-refractivity contribution in [3.8, 4) is 17.1 Å². The van der Waals surface area contributed by atoms with Crippen LogP contribution in [0.25, 0.3) is 22.3 Å². The lowest BCUT2D eigenvalue weighted by Crippen LogP contribution is -2.15. The van der Waals surface area contributed by atoms with Crippen LogP contribution < -0.4 is 4.74 Å². The van der Waals surface area contributed by atoms with E-state index in [1.807, 2.05) is 60.7 Å². The molecule has 29 heavy (non-hydrogen) atoms. The van der Waals surface area contributed by atoms with Crippen molar-refractivity contribution in [1.82, 2.24) is 25.2 Å². The largest absolute Gasteiger partial charge is 0.487 e. The van der Waals surface area contributed by atoms with Crippen molar-refractivity contribution >= 4 is 16.9 Å². The van der Waals surface area contributed by atoms with E-state index in [-0.39, 0.29) is 6.54 Å². The smallest absolute Gasteiger partial charge is 0.329 e. The van der Waals surface area contributed by atoms with Crippen LogP contribution >= 0.6 is 0 Å². The number of ether oxygens (including phenoxy) is 2. The number of fused-ring (bicyclic) bond motifs is 1.